The summed E-state index contributed by atoms with van der Waals surface area (Å²) in [6.45, 7) is 1.94. The van der Waals surface area contributed by atoms with Crippen LogP contribution in [0, 0.1) is 0 Å². The van der Waals surface area contributed by atoms with Crippen LogP contribution in [0.3, 0.4) is 0 Å². The van der Waals surface area contributed by atoms with Crippen molar-refractivity contribution in [1.82, 2.24) is 9.88 Å². The molecule has 0 fully saturated rings. The predicted octanol–water partition coefficient (Wildman–Crippen LogP) is 1.98. The molecule has 0 radical (unpaired) electrons. The van der Waals surface area contributed by atoms with Crippen molar-refractivity contribution in [2.75, 3.05) is 19.0 Å². The Bertz CT molecular complexity index is 472. The lowest BCUT2D eigenvalue weighted by atomic mass is 10.1. The van der Waals surface area contributed by atoms with E-state index in [0.29, 0.717) is 0 Å². The smallest absolute Gasteiger partial charge is 0.109 e. The fourth-order valence-corrected chi connectivity index (χ4v) is 2.06. The Morgan fingerprint density at radius 2 is 2.14 bits per heavy atom. The van der Waals surface area contributed by atoms with E-state index in [1.807, 2.05) is 0 Å². The zero-order chi connectivity index (χ0) is 9.54. The monoisotopic (exact) mass is 187 g/mol. The van der Waals surface area contributed by atoms with Crippen LogP contribution in [0.5, 0.6) is 0 Å². The van der Waals surface area contributed by atoms with Crippen LogP contribution in [-0.2, 0) is 6.54 Å². The summed E-state index contributed by atoms with van der Waals surface area (Å²) in [5.41, 5.74) is 2.61. The Balaban J connectivity index is 2.25. The summed E-state index contributed by atoms with van der Waals surface area (Å²) in [6, 6.07) is 8.44. The van der Waals surface area contributed by atoms with Gasteiger partial charge in [0.25, 0.3) is 0 Å². The average Bonchev–Trinajstić information content (AvgIpc) is 2.56. The Morgan fingerprint density at radius 1 is 1.29 bits per heavy atom. The molecule has 2 N–H and O–H groups in total. The Kier molecular flexibility index (Phi) is 1.55. The van der Waals surface area contributed by atoms with Gasteiger partial charge in [-0.2, -0.15) is 0 Å². The summed E-state index contributed by atoms with van der Waals surface area (Å²) < 4.78 is 0. The number of benzene rings is 1. The first-order valence-corrected chi connectivity index (χ1v) is 4.86. The van der Waals surface area contributed by atoms with E-state index in [2.05, 4.69) is 46.5 Å². The fraction of sp³-hybridized carbons (Fsp3) is 0.273. The van der Waals surface area contributed by atoms with Gasteiger partial charge in [-0.05, 0) is 13.1 Å². The lowest BCUT2D eigenvalue weighted by Crippen LogP contribution is -2.29. The van der Waals surface area contributed by atoms with Crippen molar-refractivity contribution < 1.29 is 0 Å². The lowest BCUT2D eigenvalue weighted by molar-refractivity contribution is 0.341. The molecule has 0 saturated carbocycles. The average molecular weight is 187 g/mol. The van der Waals surface area contributed by atoms with Gasteiger partial charge in [0, 0.05) is 23.0 Å². The molecule has 3 rings (SSSR count). The van der Waals surface area contributed by atoms with E-state index in [1.165, 1.54) is 22.3 Å². The van der Waals surface area contributed by atoms with Gasteiger partial charge in [0.1, 0.15) is 5.82 Å². The van der Waals surface area contributed by atoms with Crippen LogP contribution in [0.25, 0.3) is 10.9 Å². The first kappa shape index (κ1) is 7.88. The highest BCUT2D eigenvalue weighted by molar-refractivity contribution is 5.89. The van der Waals surface area contributed by atoms with Gasteiger partial charge in [-0.3, -0.25) is 4.90 Å². The number of aromatic nitrogens is 1. The number of H-pyrrole nitrogens is 1. The van der Waals surface area contributed by atoms with Gasteiger partial charge in [-0.15, -0.1) is 0 Å². The zero-order valence-corrected chi connectivity index (χ0v) is 8.17. The lowest BCUT2D eigenvalue weighted by Gasteiger charge is -2.23. The highest BCUT2D eigenvalue weighted by Gasteiger charge is 2.16. The highest BCUT2D eigenvalue weighted by atomic mass is 15.2. The van der Waals surface area contributed by atoms with Crippen LogP contribution in [0.1, 0.15) is 5.56 Å². The van der Waals surface area contributed by atoms with Crippen molar-refractivity contribution in [3.63, 3.8) is 0 Å². The second kappa shape index (κ2) is 2.75. The molecule has 0 aliphatic carbocycles. The minimum atomic E-state index is 0.916. The van der Waals surface area contributed by atoms with Crippen molar-refractivity contribution in [3.8, 4) is 0 Å². The molecule has 2 heterocycles. The number of fused-ring (bicyclic) bond motifs is 3. The third kappa shape index (κ3) is 1.02. The summed E-state index contributed by atoms with van der Waals surface area (Å²) in [6.07, 6.45) is 0. The van der Waals surface area contributed by atoms with Crippen LogP contribution in [0.2, 0.25) is 0 Å². The van der Waals surface area contributed by atoms with E-state index in [-0.39, 0.29) is 0 Å². The quantitative estimate of drug-likeness (QED) is 0.660. The third-order valence-electron chi connectivity index (χ3n) is 2.77. The number of anilines is 1. The number of para-hydroxylation sites is 1. The molecule has 72 valence electrons. The van der Waals surface area contributed by atoms with E-state index in [9.17, 15) is 0 Å². The van der Waals surface area contributed by atoms with E-state index in [1.54, 1.807) is 0 Å². The van der Waals surface area contributed by atoms with Gasteiger partial charge in [0.2, 0.25) is 0 Å². The molecule has 0 bridgehead atoms. The maximum Gasteiger partial charge on any atom is 0.109 e. The number of hydrogen-bond donors (Lipinski definition) is 2. The molecule has 1 aliphatic heterocycles. The third-order valence-corrected chi connectivity index (χ3v) is 2.77. The number of nitrogens with one attached hydrogen (secondary N) is 2. The van der Waals surface area contributed by atoms with Crippen LogP contribution in [0.15, 0.2) is 24.3 Å². The van der Waals surface area contributed by atoms with Crippen molar-refractivity contribution in [3.05, 3.63) is 29.8 Å². The standard InChI is InChI=1S/C11H13N3/c1-14-6-9-8-4-2-3-5-10(8)13-11(9)12-7-14/h2-5,12-13H,6-7H2,1H3. The van der Waals surface area contributed by atoms with Crippen molar-refractivity contribution >= 4 is 16.7 Å². The maximum atomic E-state index is 3.40. The molecule has 0 atom stereocenters. The summed E-state index contributed by atoms with van der Waals surface area (Å²) >= 11 is 0. The molecule has 3 heteroatoms. The van der Waals surface area contributed by atoms with Crippen LogP contribution < -0.4 is 5.32 Å². The van der Waals surface area contributed by atoms with Crippen LogP contribution >= 0.6 is 0 Å². The van der Waals surface area contributed by atoms with Crippen molar-refractivity contribution in [2.45, 2.75) is 6.54 Å². The van der Waals surface area contributed by atoms with Gasteiger partial charge < -0.3 is 10.3 Å². The molecular weight excluding hydrogens is 174 g/mol. The van der Waals surface area contributed by atoms with E-state index in [0.717, 1.165) is 13.2 Å². The minimum Gasteiger partial charge on any atom is -0.359 e. The van der Waals surface area contributed by atoms with Gasteiger partial charge >= 0.3 is 0 Å². The number of nitrogens with zero attached hydrogens (tertiary/aromatic N) is 1. The Hall–Kier alpha value is -1.48. The first-order valence-electron chi connectivity index (χ1n) is 4.86. The second-order valence-electron chi connectivity index (χ2n) is 3.87. The van der Waals surface area contributed by atoms with Crippen molar-refractivity contribution in [2.24, 2.45) is 0 Å². The summed E-state index contributed by atoms with van der Waals surface area (Å²) in [5.74, 6) is 1.18. The van der Waals surface area contributed by atoms with E-state index >= 15 is 0 Å². The Labute approximate surface area is 82.7 Å². The summed E-state index contributed by atoms with van der Waals surface area (Å²) in [7, 11) is 2.12. The molecule has 0 amide bonds. The highest BCUT2D eigenvalue weighted by Crippen LogP contribution is 2.29. The van der Waals surface area contributed by atoms with Crippen LogP contribution in [-0.4, -0.2) is 23.6 Å². The van der Waals surface area contributed by atoms with Gasteiger partial charge in [-0.1, -0.05) is 18.2 Å². The molecule has 3 nitrogen and oxygen atoms in total. The summed E-state index contributed by atoms with van der Waals surface area (Å²) in [5, 5.41) is 4.71. The normalized spacial score (nSPS) is 16.6. The van der Waals surface area contributed by atoms with Gasteiger partial charge in [0.05, 0.1) is 6.67 Å². The Morgan fingerprint density at radius 3 is 3.07 bits per heavy atom. The number of hydrogen-bond acceptors (Lipinski definition) is 2. The molecule has 0 spiro atoms. The van der Waals surface area contributed by atoms with E-state index < -0.39 is 0 Å². The molecule has 14 heavy (non-hydrogen) atoms. The zero-order valence-electron chi connectivity index (χ0n) is 8.17. The topological polar surface area (TPSA) is 31.1 Å². The molecule has 0 saturated heterocycles. The maximum absolute atomic E-state index is 3.40. The molecular formula is C11H13N3. The number of rotatable bonds is 0. The van der Waals surface area contributed by atoms with Gasteiger partial charge in [-0.25, -0.2) is 0 Å². The van der Waals surface area contributed by atoms with Gasteiger partial charge in [0.15, 0.2) is 0 Å². The minimum absolute atomic E-state index is 0.916. The fourth-order valence-electron chi connectivity index (χ4n) is 2.06. The molecule has 2 aromatic rings. The number of aromatic amines is 1. The molecule has 0 unspecified atom stereocenters. The molecule has 1 aliphatic rings. The predicted molar refractivity (Wildman–Crippen MR) is 58.3 cm³/mol. The second-order valence-corrected chi connectivity index (χ2v) is 3.87. The van der Waals surface area contributed by atoms with E-state index in [4.69, 9.17) is 0 Å². The first-order chi connectivity index (χ1) is 6.84. The largest absolute Gasteiger partial charge is 0.359 e. The molecule has 1 aromatic heterocycles. The molecule has 1 aromatic carbocycles. The van der Waals surface area contributed by atoms with Crippen molar-refractivity contribution in [1.29, 1.82) is 0 Å². The van der Waals surface area contributed by atoms with Crippen LogP contribution in [0.4, 0.5) is 5.82 Å². The summed E-state index contributed by atoms with van der Waals surface area (Å²) in [4.78, 5) is 5.67. The SMILES string of the molecule is CN1CNc2[nH]c3ccccc3c2C1.